The molecule has 2 fully saturated rings. The number of halogens is 4. The van der Waals surface area contributed by atoms with Gasteiger partial charge < -0.3 is 9.64 Å². The molecule has 3 aliphatic heterocycles. The van der Waals surface area contributed by atoms with E-state index in [1.807, 2.05) is 29.2 Å². The van der Waals surface area contributed by atoms with Gasteiger partial charge in [0.15, 0.2) is 0 Å². The molecule has 222 valence electrons. The number of nitrogens with zero attached hydrogens (tertiary/aromatic N) is 3. The Kier molecular flexibility index (Phi) is 8.97. The molecule has 1 unspecified atom stereocenters. The molecule has 2 saturated heterocycles. The summed E-state index contributed by atoms with van der Waals surface area (Å²) in [5, 5.41) is 2.29. The smallest absolute Gasteiger partial charge is 0.489 e. The number of hydrogen-bond acceptors (Lipinski definition) is 7. The molecule has 2 aromatic carbocycles. The van der Waals surface area contributed by atoms with Crippen molar-refractivity contribution in [2.45, 2.75) is 44.1 Å². The highest BCUT2D eigenvalue weighted by Gasteiger charge is 2.50. The van der Waals surface area contributed by atoms with Crippen LogP contribution in [0, 0.1) is 0 Å². The van der Waals surface area contributed by atoms with Gasteiger partial charge in [0.1, 0.15) is 18.4 Å². The molecule has 2 aromatic rings. The monoisotopic (exact) mass is 616 g/mol. The Hall–Kier alpha value is -3.20. The number of rotatable bonds is 7. The number of fused-ring (bicyclic) bond motifs is 1. The molecule has 1 N–H and O–H groups in total. The summed E-state index contributed by atoms with van der Waals surface area (Å²) in [5.74, 6) is -0.583. The lowest BCUT2D eigenvalue weighted by Gasteiger charge is -2.34. The molecule has 41 heavy (non-hydrogen) atoms. The van der Waals surface area contributed by atoms with Gasteiger partial charge >= 0.3 is 15.5 Å². The molecular weight excluding hydrogens is 589 g/mol. The molecule has 0 aliphatic carbocycles. The van der Waals surface area contributed by atoms with Gasteiger partial charge in [-0.15, -0.1) is 12.4 Å². The number of piperazine rings is 1. The zero-order valence-corrected chi connectivity index (χ0v) is 23.4. The zero-order chi connectivity index (χ0) is 28.7. The number of alkyl halides is 3. The Labute approximate surface area is 240 Å². The maximum absolute atomic E-state index is 13.0. The number of imide groups is 1. The Morgan fingerprint density at radius 3 is 2.24 bits per heavy atom. The summed E-state index contributed by atoms with van der Waals surface area (Å²) < 4.78 is 68.0. The quantitative estimate of drug-likeness (QED) is 0.475. The summed E-state index contributed by atoms with van der Waals surface area (Å²) in [5.41, 5.74) is -2.38. The van der Waals surface area contributed by atoms with E-state index in [9.17, 15) is 36.0 Å². The second kappa shape index (κ2) is 12.0. The Morgan fingerprint density at radius 1 is 0.951 bits per heavy atom. The zero-order valence-electron chi connectivity index (χ0n) is 21.7. The molecule has 0 radical (unpaired) electrons. The van der Waals surface area contributed by atoms with E-state index >= 15 is 0 Å². The molecule has 0 aromatic heterocycles. The molecule has 1 atom stereocenters. The van der Waals surface area contributed by atoms with Gasteiger partial charge in [-0.25, -0.2) is 8.42 Å². The summed E-state index contributed by atoms with van der Waals surface area (Å²) >= 11 is 0. The lowest BCUT2D eigenvalue weighted by molar-refractivity contribution is -0.136. The van der Waals surface area contributed by atoms with E-state index in [1.54, 1.807) is 18.2 Å². The van der Waals surface area contributed by atoms with Crippen LogP contribution in [0.5, 0.6) is 5.75 Å². The van der Waals surface area contributed by atoms with E-state index in [1.165, 1.54) is 4.90 Å². The van der Waals surface area contributed by atoms with Crippen LogP contribution >= 0.6 is 12.4 Å². The van der Waals surface area contributed by atoms with E-state index in [0.29, 0.717) is 27.7 Å². The first-order valence-electron chi connectivity index (χ1n) is 12.7. The fourth-order valence-corrected chi connectivity index (χ4v) is 6.06. The fraction of sp³-hybridized carbons (Fsp3) is 0.423. The largest absolute Gasteiger partial charge is 0.511 e. The lowest BCUT2D eigenvalue weighted by Crippen LogP contribution is -2.52. The fourth-order valence-electron chi connectivity index (χ4n) is 5.13. The van der Waals surface area contributed by atoms with Crippen molar-refractivity contribution in [2.75, 3.05) is 26.2 Å². The van der Waals surface area contributed by atoms with E-state index in [-0.39, 0.29) is 76.4 Å². The highest BCUT2D eigenvalue weighted by atomic mass is 35.5. The summed E-state index contributed by atoms with van der Waals surface area (Å²) in [4.78, 5) is 40.1. The number of carbonyl (C=O) groups is 3. The number of nitrogens with one attached hydrogen (secondary N) is 1. The van der Waals surface area contributed by atoms with Gasteiger partial charge in [0.05, 0.1) is 6.54 Å². The molecular formula is C26H28ClF3N4O6S. The third-order valence-corrected chi connectivity index (χ3v) is 8.96. The number of piperidine rings is 1. The van der Waals surface area contributed by atoms with Crippen molar-refractivity contribution in [3.63, 3.8) is 0 Å². The molecule has 0 bridgehead atoms. The minimum Gasteiger partial charge on any atom is -0.489 e. The maximum atomic E-state index is 13.0. The maximum Gasteiger partial charge on any atom is 0.511 e. The SMILES string of the molecule is Cl.O=C1CCC(N2Cc3c(OCc4ccc(CN5CCN(S(=O)(=O)C(F)(F)F)CC5)cc4)cccc3C2=O)C(=O)N1. The van der Waals surface area contributed by atoms with Gasteiger partial charge in [0.2, 0.25) is 11.8 Å². The summed E-state index contributed by atoms with van der Waals surface area (Å²) in [6, 6.07) is 11.9. The van der Waals surface area contributed by atoms with Crippen molar-refractivity contribution in [1.82, 2.24) is 19.4 Å². The van der Waals surface area contributed by atoms with Crippen molar-refractivity contribution in [2.24, 2.45) is 0 Å². The molecule has 10 nitrogen and oxygen atoms in total. The molecule has 3 aliphatic rings. The van der Waals surface area contributed by atoms with Crippen LogP contribution in [-0.4, -0.2) is 78.0 Å². The second-order valence-electron chi connectivity index (χ2n) is 9.91. The van der Waals surface area contributed by atoms with Gasteiger partial charge in [-0.1, -0.05) is 30.3 Å². The summed E-state index contributed by atoms with van der Waals surface area (Å²) in [6.45, 7) is 0.814. The Bertz CT molecular complexity index is 1430. The van der Waals surface area contributed by atoms with Crippen LogP contribution < -0.4 is 10.1 Å². The lowest BCUT2D eigenvalue weighted by atomic mass is 10.0. The van der Waals surface area contributed by atoms with Crippen molar-refractivity contribution >= 4 is 40.2 Å². The second-order valence-corrected chi connectivity index (χ2v) is 11.8. The van der Waals surface area contributed by atoms with E-state index in [2.05, 4.69) is 5.32 Å². The number of amides is 3. The van der Waals surface area contributed by atoms with E-state index in [4.69, 9.17) is 4.74 Å². The average molecular weight is 617 g/mol. The van der Waals surface area contributed by atoms with Gasteiger partial charge in [-0.05, 0) is 29.7 Å². The first kappa shape index (κ1) is 30.8. The normalized spacial score (nSPS) is 20.4. The van der Waals surface area contributed by atoms with Crippen molar-refractivity contribution in [1.29, 1.82) is 0 Å². The van der Waals surface area contributed by atoms with Gasteiger partial charge in [-0.3, -0.25) is 24.6 Å². The molecule has 0 spiro atoms. The first-order chi connectivity index (χ1) is 18.9. The van der Waals surface area contributed by atoms with E-state index in [0.717, 1.165) is 11.1 Å². The third kappa shape index (κ3) is 6.35. The van der Waals surface area contributed by atoms with Crippen LogP contribution in [0.3, 0.4) is 0 Å². The number of hydrogen-bond donors (Lipinski definition) is 1. The van der Waals surface area contributed by atoms with E-state index < -0.39 is 27.5 Å². The molecule has 3 amide bonds. The standard InChI is InChI=1S/C26H27F3N4O6S.ClH/c27-26(28,29)40(37,38)32-12-10-31(11-13-32)14-17-4-6-18(7-5-17)16-39-22-3-1-2-19-20(22)15-33(25(19)36)21-8-9-23(34)30-24(21)35;/h1-7,21H,8-16H2,(H,30,34,35);1H. The minimum atomic E-state index is -5.31. The number of ether oxygens (including phenoxy) is 1. The van der Waals surface area contributed by atoms with Crippen LogP contribution in [-0.2, 0) is 39.3 Å². The van der Waals surface area contributed by atoms with Gasteiger partial charge in [-0.2, -0.15) is 17.5 Å². The van der Waals surface area contributed by atoms with Crippen LogP contribution in [0.2, 0.25) is 0 Å². The molecule has 3 heterocycles. The molecule has 0 saturated carbocycles. The van der Waals surface area contributed by atoms with Crippen LogP contribution in [0.25, 0.3) is 0 Å². The molecule has 15 heteroatoms. The minimum absolute atomic E-state index is 0. The first-order valence-corrected chi connectivity index (χ1v) is 14.1. The van der Waals surface area contributed by atoms with Crippen molar-refractivity contribution in [3.8, 4) is 5.75 Å². The van der Waals surface area contributed by atoms with Crippen molar-refractivity contribution < 1.29 is 40.7 Å². The van der Waals surface area contributed by atoms with Crippen LogP contribution in [0.1, 0.15) is 39.9 Å². The average Bonchev–Trinajstić information content (AvgIpc) is 3.24. The number of carbonyl (C=O) groups excluding carboxylic acids is 3. The van der Waals surface area contributed by atoms with Crippen LogP contribution in [0.4, 0.5) is 13.2 Å². The Morgan fingerprint density at radius 2 is 1.61 bits per heavy atom. The topological polar surface area (TPSA) is 116 Å². The summed E-state index contributed by atoms with van der Waals surface area (Å²) in [7, 11) is -5.31. The number of benzene rings is 2. The van der Waals surface area contributed by atoms with Gasteiger partial charge in [0, 0.05) is 50.3 Å². The Balaban J connectivity index is 0.00000387. The van der Waals surface area contributed by atoms with Crippen LogP contribution in [0.15, 0.2) is 42.5 Å². The third-order valence-electron chi connectivity index (χ3n) is 7.33. The predicted octanol–water partition coefficient (Wildman–Crippen LogP) is 2.42. The molecule has 5 rings (SSSR count). The number of sulfonamides is 1. The predicted molar refractivity (Wildman–Crippen MR) is 142 cm³/mol. The highest BCUT2D eigenvalue weighted by molar-refractivity contribution is 7.90. The van der Waals surface area contributed by atoms with Gasteiger partial charge in [0.25, 0.3) is 5.91 Å². The highest BCUT2D eigenvalue weighted by Crippen LogP contribution is 2.34. The summed E-state index contributed by atoms with van der Waals surface area (Å²) in [6.07, 6.45) is 0.446. The van der Waals surface area contributed by atoms with Crippen molar-refractivity contribution in [3.05, 3.63) is 64.7 Å².